The molecular weight excluding hydrogens is 252 g/mol. The summed E-state index contributed by atoms with van der Waals surface area (Å²) in [7, 11) is 0. The van der Waals surface area contributed by atoms with Crippen molar-refractivity contribution in [3.05, 3.63) is 42.2 Å². The highest BCUT2D eigenvalue weighted by atomic mass is 15.3. The number of rotatable bonds is 3. The molecule has 0 fully saturated rings. The monoisotopic (exact) mass is 262 g/mol. The van der Waals surface area contributed by atoms with E-state index < -0.39 is 0 Å². The van der Waals surface area contributed by atoms with Crippen molar-refractivity contribution in [3.63, 3.8) is 0 Å². The van der Waals surface area contributed by atoms with E-state index >= 15 is 0 Å². The Hall–Kier alpha value is -3.25. The number of nitrogens with zero attached hydrogens (tertiary/aromatic N) is 5. The zero-order valence-electron chi connectivity index (χ0n) is 10.7. The quantitative estimate of drug-likeness (QED) is 0.675. The molecule has 6 nitrogen and oxygen atoms in total. The molecule has 0 unspecified atom stereocenters. The lowest BCUT2D eigenvalue weighted by Crippen LogP contribution is -1.96. The summed E-state index contributed by atoms with van der Waals surface area (Å²) in [5, 5.41) is 20.8. The van der Waals surface area contributed by atoms with E-state index in [1.54, 1.807) is 36.7 Å². The summed E-state index contributed by atoms with van der Waals surface area (Å²) in [6.07, 6.45) is 3.51. The Kier molecular flexibility index (Phi) is 4.01. The molecule has 0 bridgehead atoms. The van der Waals surface area contributed by atoms with E-state index in [4.69, 9.17) is 10.5 Å². The number of nitrogens with one attached hydrogen (secondary N) is 1. The molecule has 0 aliphatic carbocycles. The molecule has 1 heterocycles. The van der Waals surface area contributed by atoms with Crippen LogP contribution in [0.25, 0.3) is 11.4 Å². The Balaban J connectivity index is 2.15. The van der Waals surface area contributed by atoms with Crippen molar-refractivity contribution in [1.29, 1.82) is 10.5 Å². The van der Waals surface area contributed by atoms with Crippen LogP contribution < -0.4 is 5.43 Å². The molecule has 0 aliphatic heterocycles. The molecule has 0 saturated carbocycles. The van der Waals surface area contributed by atoms with Gasteiger partial charge in [0.2, 0.25) is 5.71 Å². The third-order valence-corrected chi connectivity index (χ3v) is 2.43. The number of hydrogen-bond donors (Lipinski definition) is 1. The minimum absolute atomic E-state index is 0.226. The van der Waals surface area contributed by atoms with Gasteiger partial charge in [-0.3, -0.25) is 5.43 Å². The minimum atomic E-state index is -0.226. The first-order valence-electron chi connectivity index (χ1n) is 5.76. The van der Waals surface area contributed by atoms with Gasteiger partial charge in [-0.1, -0.05) is 0 Å². The summed E-state index contributed by atoms with van der Waals surface area (Å²) in [5.41, 5.74) is 4.96. The number of hydrazone groups is 1. The molecule has 2 aromatic rings. The predicted molar refractivity (Wildman–Crippen MR) is 74.5 cm³/mol. The Morgan fingerprint density at radius 1 is 1.10 bits per heavy atom. The fourth-order valence-corrected chi connectivity index (χ4v) is 1.43. The SMILES string of the molecule is Cc1cnc(-c2ccc(NN=C(C#N)C#N)cc2)nc1. The number of hydrogen-bond acceptors (Lipinski definition) is 6. The average Bonchev–Trinajstić information content (AvgIpc) is 2.50. The minimum Gasteiger partial charge on any atom is -0.277 e. The van der Waals surface area contributed by atoms with E-state index in [0.29, 0.717) is 11.5 Å². The van der Waals surface area contributed by atoms with Gasteiger partial charge in [0, 0.05) is 18.0 Å². The second-order valence-corrected chi connectivity index (χ2v) is 3.96. The molecule has 1 aromatic carbocycles. The van der Waals surface area contributed by atoms with Gasteiger partial charge in [0.05, 0.1) is 5.69 Å². The third kappa shape index (κ3) is 3.15. The third-order valence-electron chi connectivity index (χ3n) is 2.43. The maximum Gasteiger partial charge on any atom is 0.237 e. The van der Waals surface area contributed by atoms with Gasteiger partial charge >= 0.3 is 0 Å². The Bertz CT molecular complexity index is 685. The van der Waals surface area contributed by atoms with Crippen LogP contribution in [0, 0.1) is 29.6 Å². The average molecular weight is 262 g/mol. The van der Waals surface area contributed by atoms with Crippen LogP contribution in [0.15, 0.2) is 41.8 Å². The lowest BCUT2D eigenvalue weighted by molar-refractivity contribution is 1.14. The Labute approximate surface area is 116 Å². The number of nitriles is 2. The molecular formula is C14H10N6. The van der Waals surface area contributed by atoms with Gasteiger partial charge in [0.1, 0.15) is 12.1 Å². The summed E-state index contributed by atoms with van der Waals surface area (Å²) in [4.78, 5) is 8.47. The molecule has 96 valence electrons. The molecule has 0 aliphatic rings. The van der Waals surface area contributed by atoms with Gasteiger partial charge in [-0.2, -0.15) is 15.6 Å². The van der Waals surface area contributed by atoms with E-state index in [9.17, 15) is 0 Å². The first-order chi connectivity index (χ1) is 9.72. The second-order valence-electron chi connectivity index (χ2n) is 3.96. The summed E-state index contributed by atoms with van der Waals surface area (Å²) in [6.45, 7) is 1.93. The van der Waals surface area contributed by atoms with Gasteiger partial charge in [0.15, 0.2) is 5.82 Å². The molecule has 20 heavy (non-hydrogen) atoms. The van der Waals surface area contributed by atoms with Crippen LogP contribution in [-0.4, -0.2) is 15.7 Å². The van der Waals surface area contributed by atoms with Gasteiger partial charge in [-0.25, -0.2) is 9.97 Å². The Morgan fingerprint density at radius 2 is 1.70 bits per heavy atom. The van der Waals surface area contributed by atoms with Crippen LogP contribution in [-0.2, 0) is 0 Å². The Morgan fingerprint density at radius 3 is 2.25 bits per heavy atom. The van der Waals surface area contributed by atoms with Gasteiger partial charge in [-0.15, -0.1) is 0 Å². The summed E-state index contributed by atoms with van der Waals surface area (Å²) in [5.74, 6) is 0.639. The van der Waals surface area contributed by atoms with Crippen LogP contribution in [0.4, 0.5) is 5.69 Å². The maximum absolute atomic E-state index is 8.56. The highest BCUT2D eigenvalue weighted by Crippen LogP contribution is 2.17. The van der Waals surface area contributed by atoms with Crippen LogP contribution in [0.1, 0.15) is 5.56 Å². The largest absolute Gasteiger partial charge is 0.277 e. The van der Waals surface area contributed by atoms with Crippen molar-refractivity contribution in [2.75, 3.05) is 5.43 Å². The molecule has 2 rings (SSSR count). The van der Waals surface area contributed by atoms with Crippen molar-refractivity contribution in [2.24, 2.45) is 5.10 Å². The second kappa shape index (κ2) is 6.07. The van der Waals surface area contributed by atoms with Crippen molar-refractivity contribution >= 4 is 11.4 Å². The number of anilines is 1. The zero-order valence-corrected chi connectivity index (χ0v) is 10.7. The summed E-state index contributed by atoms with van der Waals surface area (Å²) in [6, 6.07) is 10.6. The van der Waals surface area contributed by atoms with Crippen LogP contribution in [0.3, 0.4) is 0 Å². The molecule has 0 atom stereocenters. The van der Waals surface area contributed by atoms with Crippen molar-refractivity contribution in [2.45, 2.75) is 6.92 Å². The van der Waals surface area contributed by atoms with Gasteiger partial charge in [0.25, 0.3) is 0 Å². The molecule has 6 heteroatoms. The van der Waals surface area contributed by atoms with Crippen molar-refractivity contribution < 1.29 is 0 Å². The topological polar surface area (TPSA) is 97.8 Å². The van der Waals surface area contributed by atoms with Gasteiger partial charge in [-0.05, 0) is 36.8 Å². The summed E-state index contributed by atoms with van der Waals surface area (Å²) >= 11 is 0. The van der Waals surface area contributed by atoms with Crippen LogP contribution in [0.2, 0.25) is 0 Å². The molecule has 0 radical (unpaired) electrons. The van der Waals surface area contributed by atoms with Crippen molar-refractivity contribution in [1.82, 2.24) is 9.97 Å². The predicted octanol–water partition coefficient (Wildman–Crippen LogP) is 2.27. The number of benzene rings is 1. The first kappa shape index (κ1) is 13.2. The molecule has 0 spiro atoms. The number of aryl methyl sites for hydroxylation is 1. The van der Waals surface area contributed by atoms with Crippen LogP contribution in [0.5, 0.6) is 0 Å². The summed E-state index contributed by atoms with van der Waals surface area (Å²) < 4.78 is 0. The number of aromatic nitrogens is 2. The highest BCUT2D eigenvalue weighted by Gasteiger charge is 2.01. The highest BCUT2D eigenvalue weighted by molar-refractivity contribution is 6.10. The lowest BCUT2D eigenvalue weighted by Gasteiger charge is -2.03. The van der Waals surface area contributed by atoms with E-state index in [-0.39, 0.29) is 5.71 Å². The van der Waals surface area contributed by atoms with E-state index in [1.807, 2.05) is 19.1 Å². The van der Waals surface area contributed by atoms with E-state index in [0.717, 1.165) is 11.1 Å². The fraction of sp³-hybridized carbons (Fsp3) is 0.0714. The van der Waals surface area contributed by atoms with E-state index in [1.165, 1.54) is 0 Å². The lowest BCUT2D eigenvalue weighted by atomic mass is 10.2. The zero-order chi connectivity index (χ0) is 14.4. The molecule has 0 saturated heterocycles. The molecule has 1 aromatic heterocycles. The van der Waals surface area contributed by atoms with Crippen molar-refractivity contribution in [3.8, 4) is 23.5 Å². The van der Waals surface area contributed by atoms with E-state index in [2.05, 4.69) is 20.5 Å². The standard InChI is InChI=1S/C14H10N6/c1-10-8-17-14(18-9-10)11-2-4-12(5-3-11)19-20-13(6-15)7-16/h2-5,8-9,19H,1H3. The van der Waals surface area contributed by atoms with Gasteiger partial charge < -0.3 is 0 Å². The van der Waals surface area contributed by atoms with Crippen LogP contribution >= 0.6 is 0 Å². The first-order valence-corrected chi connectivity index (χ1v) is 5.76. The fourth-order valence-electron chi connectivity index (χ4n) is 1.43. The maximum atomic E-state index is 8.56. The normalized spacial score (nSPS) is 9.15. The smallest absolute Gasteiger partial charge is 0.237 e. The molecule has 0 amide bonds. The molecule has 1 N–H and O–H groups in total.